The second-order valence-corrected chi connectivity index (χ2v) is 7.23. The van der Waals surface area contributed by atoms with Gasteiger partial charge >= 0.3 is 0 Å². The average Bonchev–Trinajstić information content (AvgIpc) is 2.14. The van der Waals surface area contributed by atoms with Crippen LogP contribution in [0.25, 0.3) is 0 Å². The molecule has 0 nitrogen and oxygen atoms in total. The van der Waals surface area contributed by atoms with Gasteiger partial charge in [0, 0.05) is 0 Å². The topological polar surface area (TPSA) is 0 Å². The zero-order chi connectivity index (χ0) is 14.5. The van der Waals surface area contributed by atoms with Crippen molar-refractivity contribution in [2.75, 3.05) is 0 Å². The quantitative estimate of drug-likeness (QED) is 0.459. The van der Waals surface area contributed by atoms with Crippen LogP contribution in [-0.2, 0) is 0 Å². The van der Waals surface area contributed by atoms with Crippen molar-refractivity contribution in [2.45, 2.75) is 74.7 Å². The lowest BCUT2D eigenvalue weighted by Crippen LogP contribution is -2.23. The van der Waals surface area contributed by atoms with E-state index in [0.717, 1.165) is 11.8 Å². The second-order valence-electron chi connectivity index (χ2n) is 7.23. The van der Waals surface area contributed by atoms with Crippen molar-refractivity contribution >= 4 is 0 Å². The Morgan fingerprint density at radius 2 is 1.50 bits per heavy atom. The molecule has 0 aliphatic heterocycles. The minimum absolute atomic E-state index is 0.301. The van der Waals surface area contributed by atoms with E-state index in [9.17, 15) is 0 Å². The van der Waals surface area contributed by atoms with Gasteiger partial charge in [-0.25, -0.2) is 0 Å². The molecule has 0 bridgehead atoms. The van der Waals surface area contributed by atoms with Crippen molar-refractivity contribution in [1.82, 2.24) is 0 Å². The average molecular weight is 250 g/mol. The van der Waals surface area contributed by atoms with E-state index in [2.05, 4.69) is 62.0 Å². The van der Waals surface area contributed by atoms with E-state index in [1.807, 2.05) is 0 Å². The normalized spacial score (nSPS) is 16.3. The summed E-state index contributed by atoms with van der Waals surface area (Å²) in [5.74, 6) is 1.48. The van der Waals surface area contributed by atoms with Gasteiger partial charge in [0.05, 0.1) is 0 Å². The lowest BCUT2D eigenvalue weighted by atomic mass is 9.70. The first-order valence-corrected chi connectivity index (χ1v) is 7.37. The van der Waals surface area contributed by atoms with E-state index in [0.29, 0.717) is 5.41 Å². The van der Waals surface area contributed by atoms with Gasteiger partial charge in [0.1, 0.15) is 0 Å². The third-order valence-electron chi connectivity index (χ3n) is 4.20. The van der Waals surface area contributed by atoms with E-state index in [4.69, 9.17) is 0 Å². The fourth-order valence-electron chi connectivity index (χ4n) is 2.90. The molecular weight excluding hydrogens is 216 g/mol. The first-order chi connectivity index (χ1) is 8.08. The van der Waals surface area contributed by atoms with Crippen molar-refractivity contribution < 1.29 is 0 Å². The maximum atomic E-state index is 4.24. The minimum atomic E-state index is 0.301. The number of rotatable bonds is 7. The third-order valence-corrected chi connectivity index (χ3v) is 4.20. The van der Waals surface area contributed by atoms with E-state index in [1.165, 1.54) is 30.4 Å². The van der Waals surface area contributed by atoms with Crippen LogP contribution in [-0.4, -0.2) is 0 Å². The second kappa shape index (κ2) is 7.16. The fraction of sp³-hybridized carbons (Fsp3) is 0.778. The Labute approximate surface area is 116 Å². The highest BCUT2D eigenvalue weighted by Crippen LogP contribution is 2.40. The Balaban J connectivity index is 4.70. The lowest BCUT2D eigenvalue weighted by Gasteiger charge is -2.35. The summed E-state index contributed by atoms with van der Waals surface area (Å²) in [5, 5.41) is 0. The molecular formula is C18H34. The zero-order valence-electron chi connectivity index (χ0n) is 14.0. The molecule has 0 radical (unpaired) electrons. The smallest absolute Gasteiger partial charge is 0.0117 e. The minimum Gasteiger partial charge on any atom is -0.0996 e. The van der Waals surface area contributed by atoms with Crippen LogP contribution in [0, 0.1) is 17.3 Å². The summed E-state index contributed by atoms with van der Waals surface area (Å²) < 4.78 is 0. The van der Waals surface area contributed by atoms with Crippen LogP contribution < -0.4 is 0 Å². The van der Waals surface area contributed by atoms with E-state index in [-0.39, 0.29) is 0 Å². The van der Waals surface area contributed by atoms with E-state index >= 15 is 0 Å². The molecule has 0 saturated carbocycles. The summed E-state index contributed by atoms with van der Waals surface area (Å²) in [7, 11) is 0. The highest BCUT2D eigenvalue weighted by Gasteiger charge is 2.28. The van der Waals surface area contributed by atoms with Crippen LogP contribution in [0.3, 0.4) is 0 Å². The van der Waals surface area contributed by atoms with Gasteiger partial charge in [0.25, 0.3) is 0 Å². The number of hydrogen-bond acceptors (Lipinski definition) is 0. The van der Waals surface area contributed by atoms with Crippen molar-refractivity contribution in [3.63, 3.8) is 0 Å². The molecule has 2 unspecified atom stereocenters. The number of allylic oxidation sites excluding steroid dienone is 3. The summed E-state index contributed by atoms with van der Waals surface area (Å²) in [5.41, 5.74) is 4.67. The van der Waals surface area contributed by atoms with Crippen LogP contribution in [0.1, 0.15) is 74.7 Å². The summed E-state index contributed by atoms with van der Waals surface area (Å²) in [4.78, 5) is 0. The highest BCUT2D eigenvalue weighted by atomic mass is 14.3. The first kappa shape index (κ1) is 17.5. The van der Waals surface area contributed by atoms with Crippen molar-refractivity contribution in [3.05, 3.63) is 23.3 Å². The van der Waals surface area contributed by atoms with E-state index in [1.54, 1.807) is 5.57 Å². The first-order valence-electron chi connectivity index (χ1n) is 7.37. The monoisotopic (exact) mass is 250 g/mol. The predicted octanol–water partition coefficient (Wildman–Crippen LogP) is 6.39. The molecule has 0 rings (SSSR count). The third kappa shape index (κ3) is 5.89. The largest absolute Gasteiger partial charge is 0.0996 e. The molecule has 0 heteroatoms. The van der Waals surface area contributed by atoms with Gasteiger partial charge in [-0.05, 0) is 64.2 Å². The molecule has 0 aromatic rings. The van der Waals surface area contributed by atoms with Crippen LogP contribution in [0.5, 0.6) is 0 Å². The fourth-order valence-corrected chi connectivity index (χ4v) is 2.90. The van der Waals surface area contributed by atoms with E-state index < -0.39 is 0 Å². The maximum absolute atomic E-state index is 4.24. The molecule has 0 saturated heterocycles. The van der Waals surface area contributed by atoms with Gasteiger partial charge in [-0.3, -0.25) is 0 Å². The molecule has 106 valence electrons. The summed E-state index contributed by atoms with van der Waals surface area (Å²) >= 11 is 0. The standard InChI is InChI=1S/C18H34/c1-13(2)11-18(9,15(5)6)12-16(7)10-17(8)14(3)4/h13,16H,5,10-12H2,1-4,6-9H3. The Kier molecular flexibility index (Phi) is 6.96. The SMILES string of the molecule is C=C(C)C(C)(CC(C)C)CC(C)CC(C)=C(C)C. The molecule has 0 aromatic carbocycles. The Morgan fingerprint density at radius 3 is 1.83 bits per heavy atom. The van der Waals surface area contributed by atoms with Crippen molar-refractivity contribution in [3.8, 4) is 0 Å². The van der Waals surface area contributed by atoms with Gasteiger partial charge in [-0.1, -0.05) is 51.0 Å². The molecule has 0 aliphatic rings. The van der Waals surface area contributed by atoms with Gasteiger partial charge in [-0.2, -0.15) is 0 Å². The van der Waals surface area contributed by atoms with Gasteiger partial charge in [0.2, 0.25) is 0 Å². The Bertz CT molecular complexity index is 302. The van der Waals surface area contributed by atoms with Gasteiger partial charge in [-0.15, -0.1) is 0 Å². The number of hydrogen-bond donors (Lipinski definition) is 0. The van der Waals surface area contributed by atoms with Crippen molar-refractivity contribution in [2.24, 2.45) is 17.3 Å². The molecule has 18 heavy (non-hydrogen) atoms. The molecule has 0 heterocycles. The summed E-state index contributed by atoms with van der Waals surface area (Å²) in [6.45, 7) is 22.5. The predicted molar refractivity (Wildman–Crippen MR) is 84.8 cm³/mol. The van der Waals surface area contributed by atoms with Crippen molar-refractivity contribution in [1.29, 1.82) is 0 Å². The molecule has 0 N–H and O–H groups in total. The summed E-state index contributed by atoms with van der Waals surface area (Å²) in [6.07, 6.45) is 3.73. The zero-order valence-corrected chi connectivity index (χ0v) is 14.0. The van der Waals surface area contributed by atoms with Crippen LogP contribution in [0.4, 0.5) is 0 Å². The van der Waals surface area contributed by atoms with Gasteiger partial charge < -0.3 is 0 Å². The summed E-state index contributed by atoms with van der Waals surface area (Å²) in [6, 6.07) is 0. The Hall–Kier alpha value is -0.520. The molecule has 2 atom stereocenters. The van der Waals surface area contributed by atoms with Gasteiger partial charge in [0.15, 0.2) is 0 Å². The molecule has 0 aliphatic carbocycles. The molecule has 0 fully saturated rings. The highest BCUT2D eigenvalue weighted by molar-refractivity contribution is 5.10. The van der Waals surface area contributed by atoms with Crippen LogP contribution >= 0.6 is 0 Å². The van der Waals surface area contributed by atoms with Crippen LogP contribution in [0.2, 0.25) is 0 Å². The molecule has 0 aromatic heterocycles. The maximum Gasteiger partial charge on any atom is -0.0117 e. The molecule has 0 amide bonds. The van der Waals surface area contributed by atoms with Crippen LogP contribution in [0.15, 0.2) is 23.3 Å². The molecule has 0 spiro atoms. The lowest BCUT2D eigenvalue weighted by molar-refractivity contribution is 0.247. The Morgan fingerprint density at radius 1 is 1.00 bits per heavy atom.